The quantitative estimate of drug-likeness (QED) is 0.0817. The Morgan fingerprint density at radius 1 is 0.714 bits per heavy atom. The van der Waals surface area contributed by atoms with Crippen LogP contribution in [0.15, 0.2) is 103 Å². The Labute approximate surface area is 347 Å². The molecule has 14 heteroatoms. The molecule has 0 unspecified atom stereocenters. The first-order chi connectivity index (χ1) is 26.6. The van der Waals surface area contributed by atoms with Crippen LogP contribution in [0.1, 0.15) is 37.5 Å². The molecule has 0 saturated carbocycles. The van der Waals surface area contributed by atoms with Gasteiger partial charge in [-0.25, -0.2) is 0 Å². The van der Waals surface area contributed by atoms with Gasteiger partial charge in [0.25, 0.3) is 9.70 Å². The van der Waals surface area contributed by atoms with Crippen LogP contribution in [-0.4, -0.2) is 87.5 Å². The Bertz CT molecular complexity index is 1660. The van der Waals surface area contributed by atoms with Gasteiger partial charge in [-0.1, -0.05) is 159 Å². The van der Waals surface area contributed by atoms with Gasteiger partial charge in [-0.2, -0.15) is 0 Å². The summed E-state index contributed by atoms with van der Waals surface area (Å²) in [4.78, 5) is 13.1. The van der Waals surface area contributed by atoms with E-state index in [2.05, 4.69) is 39.2 Å². The van der Waals surface area contributed by atoms with Crippen molar-refractivity contribution in [2.45, 2.75) is 112 Å². The number of ether oxygens (including phenoxy) is 7. The van der Waals surface area contributed by atoms with Crippen LogP contribution < -0.4 is 5.32 Å². The van der Waals surface area contributed by atoms with E-state index in [-0.39, 0.29) is 31.5 Å². The van der Waals surface area contributed by atoms with Gasteiger partial charge in [-0.3, -0.25) is 4.79 Å². The number of hydrogen-bond donors (Lipinski definition) is 1. The third kappa shape index (κ3) is 12.8. The first-order valence-corrected chi connectivity index (χ1v) is 22.8. The van der Waals surface area contributed by atoms with Crippen LogP contribution in [0.2, 0.25) is 18.1 Å². The molecule has 0 aliphatic carbocycles. The summed E-state index contributed by atoms with van der Waals surface area (Å²) in [5, 5.41) is 2.75. The molecular formula is C42H54Cl3NO9Si. The molecule has 2 aliphatic rings. The number of methoxy groups -OCH3 is 1. The van der Waals surface area contributed by atoms with Gasteiger partial charge in [0, 0.05) is 7.11 Å². The zero-order valence-corrected chi connectivity index (χ0v) is 36.0. The third-order valence-corrected chi connectivity index (χ3v) is 15.2. The first-order valence-electron chi connectivity index (χ1n) is 18.8. The highest BCUT2D eigenvalue weighted by atomic mass is 35.6. The van der Waals surface area contributed by atoms with E-state index in [9.17, 15) is 4.79 Å². The number of carbonyl (C=O) groups excluding carboxylic acids is 1. The van der Waals surface area contributed by atoms with Crippen LogP contribution in [0.3, 0.4) is 0 Å². The molecule has 5 rings (SSSR count). The number of nitrogens with one attached hydrogen (secondary N) is 1. The summed E-state index contributed by atoms with van der Waals surface area (Å²) in [5.41, 5.74) is 2.89. The van der Waals surface area contributed by atoms with Crippen molar-refractivity contribution in [2.24, 2.45) is 0 Å². The SMILES string of the molecule is CO[C@H]1O[C@H](COCc2ccccc2)[C@@H](O[C@H]2O[C@H](CO[Si](C)(C)C(C)(C)C)C=C[C@@H]2NC(=O)C(Cl)(Cl)Cl)[C@H](OCc2ccccc2)[C@H]1OCc1ccccc1. The Morgan fingerprint density at radius 2 is 1.25 bits per heavy atom. The van der Waals surface area contributed by atoms with Crippen molar-refractivity contribution in [1.29, 1.82) is 0 Å². The second-order valence-electron chi connectivity index (χ2n) is 15.4. The van der Waals surface area contributed by atoms with Gasteiger partial charge in [0.15, 0.2) is 20.9 Å². The van der Waals surface area contributed by atoms with Crippen LogP contribution in [0.4, 0.5) is 0 Å². The van der Waals surface area contributed by atoms with E-state index in [1.807, 2.05) is 97.1 Å². The minimum atomic E-state index is -2.23. The van der Waals surface area contributed by atoms with E-state index in [1.54, 1.807) is 13.2 Å². The van der Waals surface area contributed by atoms with Crippen molar-refractivity contribution >= 4 is 49.0 Å². The Hall–Kier alpha value is -2.36. The smallest absolute Gasteiger partial charge is 0.272 e. The number of rotatable bonds is 17. The summed E-state index contributed by atoms with van der Waals surface area (Å²) in [6.45, 7) is 12.0. The van der Waals surface area contributed by atoms with Crippen molar-refractivity contribution in [3.63, 3.8) is 0 Å². The summed E-state index contributed by atoms with van der Waals surface area (Å²) in [6, 6.07) is 28.6. The van der Waals surface area contributed by atoms with E-state index in [0.29, 0.717) is 6.61 Å². The molecule has 10 nitrogen and oxygen atoms in total. The van der Waals surface area contributed by atoms with Crippen LogP contribution in [-0.2, 0) is 62.2 Å². The fourth-order valence-corrected chi connectivity index (χ4v) is 7.17. The second kappa shape index (κ2) is 20.6. The molecule has 2 heterocycles. The number of amides is 1. The van der Waals surface area contributed by atoms with E-state index >= 15 is 0 Å². The molecule has 0 bridgehead atoms. The normalized spacial score (nSPS) is 25.9. The average Bonchev–Trinajstić information content (AvgIpc) is 3.17. The Kier molecular flexibility index (Phi) is 16.4. The molecule has 306 valence electrons. The van der Waals surface area contributed by atoms with Crippen LogP contribution in [0, 0.1) is 0 Å². The molecule has 0 aromatic heterocycles. The van der Waals surface area contributed by atoms with E-state index in [0.717, 1.165) is 16.7 Å². The minimum Gasteiger partial charge on any atom is -0.414 e. The maximum Gasteiger partial charge on any atom is 0.272 e. The molecule has 1 saturated heterocycles. The maximum atomic E-state index is 13.1. The van der Waals surface area contributed by atoms with Gasteiger partial charge in [-0.05, 0) is 34.8 Å². The first kappa shape index (κ1) is 44.7. The van der Waals surface area contributed by atoms with Crippen LogP contribution in [0.25, 0.3) is 0 Å². The van der Waals surface area contributed by atoms with Crippen LogP contribution >= 0.6 is 34.8 Å². The number of alkyl halides is 3. The average molecular weight is 851 g/mol. The standard InChI is InChI=1S/C42H54Cl3NO9Si/c1-41(2,3)56(5,6)52-27-32-22-23-33(46-40(47)42(43,44)45)38(53-32)55-35-34(28-49-24-29-16-10-7-11-17-29)54-39(48-4)37(51-26-31-20-14-9-15-21-31)36(35)50-25-30-18-12-8-13-19-30/h7-23,32-39H,24-28H2,1-6H3,(H,46,47)/t32-,33-,34+,35+,36-,37+,38+,39-/m0/s1. The minimum absolute atomic E-state index is 0.0233. The lowest BCUT2D eigenvalue weighted by molar-refractivity contribution is -0.343. The fourth-order valence-electron chi connectivity index (χ4n) is 5.99. The third-order valence-electron chi connectivity index (χ3n) is 10.2. The van der Waals surface area contributed by atoms with Crippen molar-refractivity contribution in [3.05, 3.63) is 120 Å². The topological polar surface area (TPSA) is 103 Å². The largest absolute Gasteiger partial charge is 0.414 e. The lowest BCUT2D eigenvalue weighted by atomic mass is 9.97. The van der Waals surface area contributed by atoms with Gasteiger partial charge in [-0.15, -0.1) is 0 Å². The molecule has 8 atom stereocenters. The van der Waals surface area contributed by atoms with Gasteiger partial charge in [0.2, 0.25) is 0 Å². The summed E-state index contributed by atoms with van der Waals surface area (Å²) in [7, 11) is -0.591. The molecule has 56 heavy (non-hydrogen) atoms. The predicted octanol–water partition coefficient (Wildman–Crippen LogP) is 8.29. The Morgan fingerprint density at radius 3 is 1.77 bits per heavy atom. The summed E-state index contributed by atoms with van der Waals surface area (Å²) < 4.78 is 50.0. The summed E-state index contributed by atoms with van der Waals surface area (Å²) in [5.74, 6) is -0.839. The molecule has 2 aliphatic heterocycles. The highest BCUT2D eigenvalue weighted by Crippen LogP contribution is 2.38. The monoisotopic (exact) mass is 849 g/mol. The number of hydrogen-bond acceptors (Lipinski definition) is 9. The van der Waals surface area contributed by atoms with Gasteiger partial charge < -0.3 is 42.9 Å². The number of carbonyl (C=O) groups is 1. The summed E-state index contributed by atoms with van der Waals surface area (Å²) >= 11 is 18.0. The van der Waals surface area contributed by atoms with E-state index in [4.69, 9.17) is 72.4 Å². The highest BCUT2D eigenvalue weighted by molar-refractivity contribution is 6.76. The molecule has 1 amide bonds. The molecule has 3 aromatic rings. The van der Waals surface area contributed by atoms with Crippen LogP contribution in [0.5, 0.6) is 0 Å². The zero-order valence-electron chi connectivity index (χ0n) is 32.8. The van der Waals surface area contributed by atoms with E-state index < -0.39 is 67.2 Å². The zero-order chi connectivity index (χ0) is 40.3. The number of benzene rings is 3. The van der Waals surface area contributed by atoms with Gasteiger partial charge in [0.1, 0.15) is 30.5 Å². The molecule has 1 N–H and O–H groups in total. The maximum absolute atomic E-state index is 13.1. The number of halogens is 3. The highest BCUT2D eigenvalue weighted by Gasteiger charge is 2.51. The molecule has 0 radical (unpaired) electrons. The van der Waals surface area contributed by atoms with Crippen molar-refractivity contribution in [1.82, 2.24) is 5.32 Å². The van der Waals surface area contributed by atoms with Gasteiger partial charge >= 0.3 is 0 Å². The molecular weight excluding hydrogens is 797 g/mol. The fraction of sp³-hybridized carbons (Fsp3) is 0.500. The lowest BCUT2D eigenvalue weighted by Gasteiger charge is -2.47. The molecule has 0 spiro atoms. The summed E-state index contributed by atoms with van der Waals surface area (Å²) in [6.07, 6.45) is -2.08. The molecule has 3 aromatic carbocycles. The van der Waals surface area contributed by atoms with Crippen molar-refractivity contribution in [2.75, 3.05) is 20.3 Å². The lowest BCUT2D eigenvalue weighted by Crippen LogP contribution is -2.64. The predicted molar refractivity (Wildman–Crippen MR) is 220 cm³/mol. The second-order valence-corrected chi connectivity index (χ2v) is 22.5. The van der Waals surface area contributed by atoms with Crippen molar-refractivity contribution < 1.29 is 42.4 Å². The molecule has 1 fully saturated rings. The van der Waals surface area contributed by atoms with Crippen molar-refractivity contribution in [3.8, 4) is 0 Å². The Balaban J connectivity index is 1.49. The van der Waals surface area contributed by atoms with Gasteiger partial charge in [0.05, 0.1) is 39.1 Å². The van der Waals surface area contributed by atoms with E-state index in [1.165, 1.54) is 0 Å².